The SMILES string of the molecule is Nc1c[nH]c(C(=O)N2CCCC3CCCCC32)c1. The Kier molecular flexibility index (Phi) is 3.02. The first-order chi connectivity index (χ1) is 8.75. The first-order valence-corrected chi connectivity index (χ1v) is 7.00. The van der Waals surface area contributed by atoms with E-state index in [4.69, 9.17) is 5.73 Å². The average Bonchev–Trinajstić information content (AvgIpc) is 2.84. The lowest BCUT2D eigenvalue weighted by molar-refractivity contribution is 0.0386. The minimum Gasteiger partial charge on any atom is -0.397 e. The average molecular weight is 247 g/mol. The zero-order valence-corrected chi connectivity index (χ0v) is 10.7. The number of amides is 1. The molecule has 3 rings (SSSR count). The number of likely N-dealkylation sites (tertiary alicyclic amines) is 1. The molecule has 1 amide bonds. The number of nitrogens with two attached hydrogens (primary N) is 1. The van der Waals surface area contributed by atoms with Crippen LogP contribution < -0.4 is 5.73 Å². The van der Waals surface area contributed by atoms with Crippen LogP contribution in [0.4, 0.5) is 5.69 Å². The van der Waals surface area contributed by atoms with E-state index in [1.54, 1.807) is 12.3 Å². The van der Waals surface area contributed by atoms with Gasteiger partial charge in [0.25, 0.3) is 5.91 Å². The Labute approximate surface area is 108 Å². The topological polar surface area (TPSA) is 62.1 Å². The molecule has 1 aromatic heterocycles. The fraction of sp³-hybridized carbons (Fsp3) is 0.643. The number of aromatic amines is 1. The van der Waals surface area contributed by atoms with Crippen LogP contribution in [0.1, 0.15) is 49.0 Å². The lowest BCUT2D eigenvalue weighted by atomic mass is 9.78. The smallest absolute Gasteiger partial charge is 0.270 e. The number of rotatable bonds is 1. The summed E-state index contributed by atoms with van der Waals surface area (Å²) in [5, 5.41) is 0. The Balaban J connectivity index is 1.79. The molecule has 98 valence electrons. The van der Waals surface area contributed by atoms with Gasteiger partial charge in [0.1, 0.15) is 5.69 Å². The minimum absolute atomic E-state index is 0.128. The molecule has 1 aliphatic carbocycles. The van der Waals surface area contributed by atoms with Crippen LogP contribution in [0.15, 0.2) is 12.3 Å². The van der Waals surface area contributed by atoms with Crippen molar-refractivity contribution in [1.29, 1.82) is 0 Å². The Hall–Kier alpha value is -1.45. The van der Waals surface area contributed by atoms with Crippen molar-refractivity contribution in [3.05, 3.63) is 18.0 Å². The van der Waals surface area contributed by atoms with E-state index >= 15 is 0 Å². The lowest BCUT2D eigenvalue weighted by Crippen LogP contribution is -2.49. The summed E-state index contributed by atoms with van der Waals surface area (Å²) in [4.78, 5) is 17.6. The summed E-state index contributed by atoms with van der Waals surface area (Å²) in [5.41, 5.74) is 6.95. The lowest BCUT2D eigenvalue weighted by Gasteiger charge is -2.44. The van der Waals surface area contributed by atoms with Crippen molar-refractivity contribution >= 4 is 11.6 Å². The highest BCUT2D eigenvalue weighted by molar-refractivity contribution is 5.93. The highest BCUT2D eigenvalue weighted by Gasteiger charge is 2.36. The van der Waals surface area contributed by atoms with Crippen molar-refractivity contribution in [2.75, 3.05) is 12.3 Å². The molecule has 1 saturated heterocycles. The van der Waals surface area contributed by atoms with Crippen molar-refractivity contribution in [2.45, 2.75) is 44.6 Å². The number of hydrogen-bond acceptors (Lipinski definition) is 2. The molecule has 2 heterocycles. The monoisotopic (exact) mass is 247 g/mol. The van der Waals surface area contributed by atoms with Gasteiger partial charge in [-0.25, -0.2) is 0 Å². The van der Waals surface area contributed by atoms with E-state index in [-0.39, 0.29) is 5.91 Å². The summed E-state index contributed by atoms with van der Waals surface area (Å²) >= 11 is 0. The van der Waals surface area contributed by atoms with Crippen LogP contribution in [0, 0.1) is 5.92 Å². The first kappa shape index (κ1) is 11.6. The van der Waals surface area contributed by atoms with Gasteiger partial charge in [0.05, 0.1) is 0 Å². The van der Waals surface area contributed by atoms with Gasteiger partial charge < -0.3 is 15.6 Å². The van der Waals surface area contributed by atoms with Gasteiger partial charge in [-0.2, -0.15) is 0 Å². The molecule has 2 atom stereocenters. The molecule has 0 radical (unpaired) electrons. The molecule has 2 unspecified atom stereocenters. The largest absolute Gasteiger partial charge is 0.397 e. The van der Waals surface area contributed by atoms with Gasteiger partial charge in [0.15, 0.2) is 0 Å². The summed E-state index contributed by atoms with van der Waals surface area (Å²) in [6.45, 7) is 0.902. The van der Waals surface area contributed by atoms with Crippen molar-refractivity contribution < 1.29 is 4.79 Å². The third-order valence-corrected chi connectivity index (χ3v) is 4.44. The molecule has 18 heavy (non-hydrogen) atoms. The summed E-state index contributed by atoms with van der Waals surface area (Å²) < 4.78 is 0. The van der Waals surface area contributed by atoms with E-state index < -0.39 is 0 Å². The van der Waals surface area contributed by atoms with Gasteiger partial charge in [-0.05, 0) is 37.7 Å². The summed E-state index contributed by atoms with van der Waals surface area (Å²) in [7, 11) is 0. The maximum Gasteiger partial charge on any atom is 0.270 e. The molecule has 4 heteroatoms. The zero-order valence-electron chi connectivity index (χ0n) is 10.7. The number of aromatic nitrogens is 1. The molecule has 0 spiro atoms. The zero-order chi connectivity index (χ0) is 12.5. The third-order valence-electron chi connectivity index (χ3n) is 4.44. The Morgan fingerprint density at radius 2 is 2.06 bits per heavy atom. The van der Waals surface area contributed by atoms with Crippen molar-refractivity contribution in [1.82, 2.24) is 9.88 Å². The Morgan fingerprint density at radius 1 is 1.28 bits per heavy atom. The van der Waals surface area contributed by atoms with E-state index in [0.717, 1.165) is 18.9 Å². The number of nitrogens with one attached hydrogen (secondary N) is 1. The Bertz CT molecular complexity index is 438. The molecule has 4 nitrogen and oxygen atoms in total. The van der Waals surface area contributed by atoms with Crippen LogP contribution in [0.25, 0.3) is 0 Å². The number of hydrogen-bond donors (Lipinski definition) is 2. The number of anilines is 1. The number of nitrogen functional groups attached to an aromatic ring is 1. The quantitative estimate of drug-likeness (QED) is 0.800. The van der Waals surface area contributed by atoms with Crippen LogP contribution in [-0.2, 0) is 0 Å². The normalized spacial score (nSPS) is 27.9. The van der Waals surface area contributed by atoms with E-state index in [2.05, 4.69) is 9.88 Å². The molecule has 2 fully saturated rings. The van der Waals surface area contributed by atoms with Gasteiger partial charge in [-0.3, -0.25) is 4.79 Å². The second-order valence-corrected chi connectivity index (χ2v) is 5.60. The van der Waals surface area contributed by atoms with E-state index in [1.807, 2.05) is 0 Å². The molecule has 1 aromatic rings. The maximum absolute atomic E-state index is 12.5. The van der Waals surface area contributed by atoms with Crippen molar-refractivity contribution in [3.8, 4) is 0 Å². The number of fused-ring (bicyclic) bond motifs is 1. The van der Waals surface area contributed by atoms with Crippen LogP contribution in [0.5, 0.6) is 0 Å². The van der Waals surface area contributed by atoms with Crippen molar-refractivity contribution in [2.24, 2.45) is 5.92 Å². The molecule has 1 saturated carbocycles. The van der Waals surface area contributed by atoms with Crippen molar-refractivity contribution in [3.63, 3.8) is 0 Å². The molecule has 0 bridgehead atoms. The van der Waals surface area contributed by atoms with Gasteiger partial charge in [0.2, 0.25) is 0 Å². The number of carbonyl (C=O) groups excluding carboxylic acids is 1. The molecule has 3 N–H and O–H groups in total. The molecular weight excluding hydrogens is 226 g/mol. The molecule has 1 aliphatic heterocycles. The second kappa shape index (κ2) is 4.67. The fourth-order valence-electron chi connectivity index (χ4n) is 3.57. The van der Waals surface area contributed by atoms with Gasteiger partial charge >= 0.3 is 0 Å². The van der Waals surface area contributed by atoms with E-state index in [9.17, 15) is 4.79 Å². The molecule has 2 aliphatic rings. The van der Waals surface area contributed by atoms with E-state index in [0.29, 0.717) is 17.4 Å². The summed E-state index contributed by atoms with van der Waals surface area (Å²) in [5.74, 6) is 0.854. The van der Waals surface area contributed by atoms with Crippen LogP contribution in [0.2, 0.25) is 0 Å². The minimum atomic E-state index is 0.128. The summed E-state index contributed by atoms with van der Waals surface area (Å²) in [6, 6.07) is 2.21. The van der Waals surface area contributed by atoms with E-state index in [1.165, 1.54) is 32.1 Å². The summed E-state index contributed by atoms with van der Waals surface area (Å²) in [6.07, 6.45) is 9.18. The highest BCUT2D eigenvalue weighted by atomic mass is 16.2. The number of nitrogens with zero attached hydrogens (tertiary/aromatic N) is 1. The molecular formula is C14H21N3O. The Morgan fingerprint density at radius 3 is 2.83 bits per heavy atom. The maximum atomic E-state index is 12.5. The predicted octanol–water partition coefficient (Wildman–Crippen LogP) is 2.39. The van der Waals surface area contributed by atoms with Gasteiger partial charge in [-0.1, -0.05) is 12.8 Å². The standard InChI is InChI=1S/C14H21N3O/c15-11-8-12(16-9-11)14(18)17-7-3-5-10-4-1-2-6-13(10)17/h8-10,13,16H,1-7,15H2. The first-order valence-electron chi connectivity index (χ1n) is 7.00. The fourth-order valence-corrected chi connectivity index (χ4v) is 3.57. The second-order valence-electron chi connectivity index (χ2n) is 5.60. The third kappa shape index (κ3) is 2.00. The van der Waals surface area contributed by atoms with Crippen LogP contribution in [-0.4, -0.2) is 28.4 Å². The predicted molar refractivity (Wildman–Crippen MR) is 71.2 cm³/mol. The van der Waals surface area contributed by atoms with Gasteiger partial charge in [-0.15, -0.1) is 0 Å². The van der Waals surface area contributed by atoms with Gasteiger partial charge in [0, 0.05) is 24.5 Å². The van der Waals surface area contributed by atoms with Crippen LogP contribution in [0.3, 0.4) is 0 Å². The highest BCUT2D eigenvalue weighted by Crippen LogP contribution is 2.35. The van der Waals surface area contributed by atoms with Crippen LogP contribution >= 0.6 is 0 Å². The molecule has 0 aromatic carbocycles. The number of piperidine rings is 1. The number of H-pyrrole nitrogens is 1. The number of carbonyl (C=O) groups is 1.